The van der Waals surface area contributed by atoms with Crippen LogP contribution in [-0.4, -0.2) is 86.9 Å². The van der Waals surface area contributed by atoms with Gasteiger partial charge in [-0.05, 0) is 43.2 Å². The summed E-state index contributed by atoms with van der Waals surface area (Å²) in [6.07, 6.45) is 1.13. The number of aromatic amines is 1. The van der Waals surface area contributed by atoms with Gasteiger partial charge in [-0.3, -0.25) is 4.90 Å². The molecule has 0 unspecified atom stereocenters. The molecule has 3 aromatic rings. The summed E-state index contributed by atoms with van der Waals surface area (Å²) in [6, 6.07) is 15.5. The van der Waals surface area contributed by atoms with Crippen molar-refractivity contribution in [3.8, 4) is 11.3 Å². The van der Waals surface area contributed by atoms with Crippen molar-refractivity contribution < 1.29 is 18.3 Å². The van der Waals surface area contributed by atoms with Crippen LogP contribution in [0.15, 0.2) is 53.4 Å². The molecule has 2 saturated heterocycles. The van der Waals surface area contributed by atoms with Crippen LogP contribution in [0.5, 0.6) is 0 Å². The van der Waals surface area contributed by atoms with Gasteiger partial charge in [-0.2, -0.15) is 4.31 Å². The van der Waals surface area contributed by atoms with E-state index in [0.717, 1.165) is 47.4 Å². The van der Waals surface area contributed by atoms with Gasteiger partial charge in [0.25, 0.3) is 0 Å². The van der Waals surface area contributed by atoms with Crippen LogP contribution >= 0.6 is 0 Å². The summed E-state index contributed by atoms with van der Waals surface area (Å²) in [6.45, 7) is 4.31. The van der Waals surface area contributed by atoms with Crippen molar-refractivity contribution in [2.75, 3.05) is 58.0 Å². The topological polar surface area (TPSA) is 89.1 Å². The van der Waals surface area contributed by atoms with Crippen LogP contribution in [0.4, 0.5) is 5.69 Å². The van der Waals surface area contributed by atoms with E-state index in [-0.39, 0.29) is 6.10 Å². The number of rotatable bonds is 7. The largest absolute Gasteiger partial charge is 0.391 e. The number of methoxy groups -OCH3 is 1. The average molecular weight is 485 g/mol. The van der Waals surface area contributed by atoms with E-state index in [4.69, 9.17) is 4.74 Å². The number of aliphatic hydroxyl groups excluding tert-OH is 1. The molecule has 0 saturated carbocycles. The molecule has 34 heavy (non-hydrogen) atoms. The molecule has 2 fully saturated rings. The molecule has 2 N–H and O–H groups in total. The number of hydrogen-bond donors (Lipinski definition) is 2. The van der Waals surface area contributed by atoms with Gasteiger partial charge in [0.15, 0.2) is 0 Å². The molecule has 0 amide bonds. The highest BCUT2D eigenvalue weighted by molar-refractivity contribution is 7.89. The first-order valence-corrected chi connectivity index (χ1v) is 13.3. The number of nitrogens with zero attached hydrogens (tertiary/aromatic N) is 3. The number of nitrogens with one attached hydrogen (secondary N) is 1. The van der Waals surface area contributed by atoms with Gasteiger partial charge in [-0.1, -0.05) is 18.2 Å². The molecular weight excluding hydrogens is 452 g/mol. The molecule has 2 aliphatic heterocycles. The van der Waals surface area contributed by atoms with Gasteiger partial charge in [0.2, 0.25) is 10.0 Å². The van der Waals surface area contributed by atoms with E-state index in [2.05, 4.69) is 20.9 Å². The number of aromatic nitrogens is 1. The van der Waals surface area contributed by atoms with Crippen LogP contribution in [0.25, 0.3) is 22.2 Å². The predicted octanol–water partition coefficient (Wildman–Crippen LogP) is 2.71. The predicted molar refractivity (Wildman–Crippen MR) is 133 cm³/mol. The summed E-state index contributed by atoms with van der Waals surface area (Å²) >= 11 is 0. The zero-order chi connectivity index (χ0) is 23.7. The number of anilines is 1. The van der Waals surface area contributed by atoms with Crippen molar-refractivity contribution >= 4 is 26.6 Å². The Morgan fingerprint density at radius 1 is 1.12 bits per heavy atom. The van der Waals surface area contributed by atoms with Crippen molar-refractivity contribution in [1.82, 2.24) is 14.2 Å². The number of hydrogen-bond acceptors (Lipinski definition) is 6. The minimum Gasteiger partial charge on any atom is -0.391 e. The van der Waals surface area contributed by atoms with E-state index in [9.17, 15) is 13.5 Å². The Bertz CT molecular complexity index is 1230. The first-order valence-electron chi connectivity index (χ1n) is 11.8. The van der Waals surface area contributed by atoms with E-state index < -0.39 is 10.0 Å². The molecule has 1 aromatic heterocycles. The minimum absolute atomic E-state index is 0.290. The summed E-state index contributed by atoms with van der Waals surface area (Å²) in [4.78, 5) is 7.99. The van der Waals surface area contributed by atoms with E-state index in [0.29, 0.717) is 44.2 Å². The number of benzene rings is 2. The third kappa shape index (κ3) is 4.58. The second kappa shape index (κ2) is 9.67. The molecule has 3 heterocycles. The van der Waals surface area contributed by atoms with Crippen LogP contribution in [0.1, 0.15) is 12.8 Å². The SMILES string of the molecule is COCCN1CCCN(S(=O)(=O)c2ccc(N3CC[C@H](O)C3)c(-c3cc4ccccc4[nH]3)c2)C1. The smallest absolute Gasteiger partial charge is 0.244 e. The third-order valence-electron chi connectivity index (χ3n) is 6.78. The number of H-pyrrole nitrogens is 1. The molecular formula is C25H32N4O4S. The number of fused-ring (bicyclic) bond motifs is 1. The lowest BCUT2D eigenvalue weighted by atomic mass is 10.1. The first kappa shape index (κ1) is 23.3. The summed E-state index contributed by atoms with van der Waals surface area (Å²) in [7, 11) is -2.00. The average Bonchev–Trinajstić information content (AvgIpc) is 3.48. The van der Waals surface area contributed by atoms with Crippen LogP contribution in [-0.2, 0) is 14.8 Å². The summed E-state index contributed by atoms with van der Waals surface area (Å²) in [5.74, 6) is 0. The maximum atomic E-state index is 13.7. The molecule has 1 atom stereocenters. The van der Waals surface area contributed by atoms with E-state index >= 15 is 0 Å². The molecule has 182 valence electrons. The van der Waals surface area contributed by atoms with Crippen LogP contribution in [0.3, 0.4) is 0 Å². The molecule has 8 nitrogen and oxygen atoms in total. The monoisotopic (exact) mass is 484 g/mol. The Morgan fingerprint density at radius 3 is 2.74 bits per heavy atom. The standard InChI is InChI=1S/C25H32N4O4S/c1-33-14-13-27-10-4-11-29(18-27)34(31,32)21-7-8-25(28-12-9-20(30)17-28)22(16-21)24-15-19-5-2-3-6-23(19)26-24/h2-3,5-8,15-16,20,26,30H,4,9-14,17-18H2,1H3/t20-/m0/s1. The quantitative estimate of drug-likeness (QED) is 0.536. The Kier molecular flexibility index (Phi) is 6.63. The molecule has 5 rings (SSSR count). The molecule has 9 heteroatoms. The summed E-state index contributed by atoms with van der Waals surface area (Å²) in [5, 5.41) is 11.2. The van der Waals surface area contributed by atoms with Crippen LogP contribution < -0.4 is 4.90 Å². The van der Waals surface area contributed by atoms with Crippen molar-refractivity contribution in [1.29, 1.82) is 0 Å². The van der Waals surface area contributed by atoms with Crippen molar-refractivity contribution in [2.45, 2.75) is 23.8 Å². The normalized spacial score (nSPS) is 20.4. The lowest BCUT2D eigenvalue weighted by molar-refractivity contribution is 0.0999. The summed E-state index contributed by atoms with van der Waals surface area (Å²) < 4.78 is 34.0. The molecule has 0 bridgehead atoms. The molecule has 0 spiro atoms. The highest BCUT2D eigenvalue weighted by atomic mass is 32.2. The number of aliphatic hydroxyl groups is 1. The van der Waals surface area contributed by atoms with Gasteiger partial charge in [-0.25, -0.2) is 8.42 Å². The third-order valence-corrected chi connectivity index (χ3v) is 8.61. The van der Waals surface area contributed by atoms with Crippen LogP contribution in [0, 0.1) is 0 Å². The molecule has 2 aliphatic rings. The number of para-hydroxylation sites is 1. The fourth-order valence-electron chi connectivity index (χ4n) is 4.93. The fourth-order valence-corrected chi connectivity index (χ4v) is 6.42. The Labute approximate surface area is 200 Å². The van der Waals surface area contributed by atoms with Crippen molar-refractivity contribution in [3.63, 3.8) is 0 Å². The molecule has 0 aliphatic carbocycles. The molecule has 2 aromatic carbocycles. The fraction of sp³-hybridized carbons (Fsp3) is 0.440. The van der Waals surface area contributed by atoms with Gasteiger partial charge in [0.1, 0.15) is 0 Å². The van der Waals surface area contributed by atoms with E-state index in [1.807, 2.05) is 30.3 Å². The molecule has 0 radical (unpaired) electrons. The number of ether oxygens (including phenoxy) is 1. The van der Waals surface area contributed by atoms with Gasteiger partial charge < -0.3 is 19.7 Å². The zero-order valence-corrected chi connectivity index (χ0v) is 20.3. The summed E-state index contributed by atoms with van der Waals surface area (Å²) in [5.41, 5.74) is 3.64. The second-order valence-electron chi connectivity index (χ2n) is 9.12. The first-order chi connectivity index (χ1) is 16.5. The van der Waals surface area contributed by atoms with Gasteiger partial charge in [0.05, 0.1) is 24.3 Å². The maximum absolute atomic E-state index is 13.7. The second-order valence-corrected chi connectivity index (χ2v) is 11.1. The van der Waals surface area contributed by atoms with Crippen molar-refractivity contribution in [3.05, 3.63) is 48.5 Å². The van der Waals surface area contributed by atoms with E-state index in [1.54, 1.807) is 23.5 Å². The lowest BCUT2D eigenvalue weighted by Crippen LogP contribution is -2.48. The van der Waals surface area contributed by atoms with E-state index in [1.165, 1.54) is 0 Å². The highest BCUT2D eigenvalue weighted by Gasteiger charge is 2.31. The zero-order valence-electron chi connectivity index (χ0n) is 19.5. The van der Waals surface area contributed by atoms with Gasteiger partial charge in [-0.15, -0.1) is 0 Å². The highest BCUT2D eigenvalue weighted by Crippen LogP contribution is 2.36. The minimum atomic E-state index is -3.66. The number of sulfonamides is 1. The van der Waals surface area contributed by atoms with Crippen molar-refractivity contribution in [2.24, 2.45) is 0 Å². The van der Waals surface area contributed by atoms with Crippen LogP contribution in [0.2, 0.25) is 0 Å². The lowest BCUT2D eigenvalue weighted by Gasteiger charge is -2.34. The number of β-amino-alcohol motifs (C(OH)–C–C–N with tert-alkyl or cyclic N) is 1. The maximum Gasteiger partial charge on any atom is 0.244 e. The van der Waals surface area contributed by atoms with Gasteiger partial charge >= 0.3 is 0 Å². The van der Waals surface area contributed by atoms with Gasteiger partial charge in [0, 0.05) is 67.7 Å². The Balaban J connectivity index is 1.53. The Hall–Kier alpha value is -2.43. The Morgan fingerprint density at radius 2 is 1.97 bits per heavy atom.